The van der Waals surface area contributed by atoms with E-state index in [0.717, 1.165) is 16.9 Å². The number of rotatable bonds is 7. The summed E-state index contributed by atoms with van der Waals surface area (Å²) < 4.78 is 5.20. The molecule has 0 radical (unpaired) electrons. The van der Waals surface area contributed by atoms with Gasteiger partial charge in [-0.05, 0) is 55.3 Å². The second kappa shape index (κ2) is 9.50. The minimum absolute atomic E-state index is 0.186. The van der Waals surface area contributed by atoms with E-state index in [1.54, 1.807) is 13.2 Å². The standard InChI is InChI=1S/C23H23N3O3/c1-16-6-8-19(9-7-16)26-23(28)21-15-18(11-13-24-21)22(27)25-12-10-17-4-3-5-20(14-17)29-2/h3-9,11,13-15H,10,12H2,1-2H3,(H,25,27)(H,26,28). The number of carbonyl (C=O) groups excluding carboxylic acids is 2. The van der Waals surface area contributed by atoms with Crippen molar-refractivity contribution in [3.8, 4) is 5.75 Å². The Bertz CT molecular complexity index is 1000. The van der Waals surface area contributed by atoms with E-state index in [1.807, 2.05) is 55.5 Å². The molecule has 0 saturated carbocycles. The number of aryl methyl sites for hydroxylation is 1. The SMILES string of the molecule is COc1cccc(CCNC(=O)c2ccnc(C(=O)Nc3ccc(C)cc3)c2)c1. The summed E-state index contributed by atoms with van der Waals surface area (Å²) in [6.07, 6.45) is 2.13. The smallest absolute Gasteiger partial charge is 0.274 e. The molecule has 29 heavy (non-hydrogen) atoms. The summed E-state index contributed by atoms with van der Waals surface area (Å²) in [4.78, 5) is 28.9. The molecule has 6 nitrogen and oxygen atoms in total. The van der Waals surface area contributed by atoms with Crippen LogP contribution in [0, 0.1) is 6.92 Å². The number of anilines is 1. The van der Waals surface area contributed by atoms with Crippen molar-refractivity contribution in [2.45, 2.75) is 13.3 Å². The van der Waals surface area contributed by atoms with E-state index in [0.29, 0.717) is 24.2 Å². The quantitative estimate of drug-likeness (QED) is 0.647. The number of amides is 2. The Morgan fingerprint density at radius 1 is 1.00 bits per heavy atom. The molecule has 6 heteroatoms. The van der Waals surface area contributed by atoms with E-state index in [9.17, 15) is 9.59 Å². The Morgan fingerprint density at radius 2 is 1.79 bits per heavy atom. The first-order valence-electron chi connectivity index (χ1n) is 9.30. The molecule has 2 N–H and O–H groups in total. The van der Waals surface area contributed by atoms with Crippen LogP contribution in [0.3, 0.4) is 0 Å². The largest absolute Gasteiger partial charge is 0.497 e. The van der Waals surface area contributed by atoms with Gasteiger partial charge in [-0.15, -0.1) is 0 Å². The third kappa shape index (κ3) is 5.65. The van der Waals surface area contributed by atoms with Gasteiger partial charge in [-0.25, -0.2) is 0 Å². The van der Waals surface area contributed by atoms with E-state index in [2.05, 4.69) is 15.6 Å². The molecule has 0 bridgehead atoms. The topological polar surface area (TPSA) is 80.3 Å². The average Bonchev–Trinajstić information content (AvgIpc) is 2.75. The van der Waals surface area contributed by atoms with Crippen LogP contribution < -0.4 is 15.4 Å². The van der Waals surface area contributed by atoms with Crippen LogP contribution in [0.4, 0.5) is 5.69 Å². The van der Waals surface area contributed by atoms with Gasteiger partial charge in [0, 0.05) is 24.0 Å². The second-order valence-electron chi connectivity index (χ2n) is 6.61. The highest BCUT2D eigenvalue weighted by Crippen LogP contribution is 2.13. The number of methoxy groups -OCH3 is 1. The summed E-state index contributed by atoms with van der Waals surface area (Å²) >= 11 is 0. The lowest BCUT2D eigenvalue weighted by molar-refractivity contribution is 0.0954. The van der Waals surface area contributed by atoms with Crippen LogP contribution in [0.25, 0.3) is 0 Å². The Balaban J connectivity index is 1.58. The van der Waals surface area contributed by atoms with Crippen LogP contribution in [-0.4, -0.2) is 30.5 Å². The molecule has 2 amide bonds. The molecule has 148 valence electrons. The first kappa shape index (κ1) is 20.1. The lowest BCUT2D eigenvalue weighted by Gasteiger charge is -2.08. The van der Waals surface area contributed by atoms with Crippen molar-refractivity contribution in [3.05, 3.63) is 89.2 Å². The van der Waals surface area contributed by atoms with Crippen molar-refractivity contribution in [1.82, 2.24) is 10.3 Å². The maximum absolute atomic E-state index is 12.4. The van der Waals surface area contributed by atoms with Crippen LogP contribution in [0.1, 0.15) is 32.0 Å². The van der Waals surface area contributed by atoms with Crippen molar-refractivity contribution >= 4 is 17.5 Å². The molecule has 0 aliphatic rings. The average molecular weight is 389 g/mol. The van der Waals surface area contributed by atoms with Crippen molar-refractivity contribution in [2.75, 3.05) is 19.0 Å². The highest BCUT2D eigenvalue weighted by atomic mass is 16.5. The zero-order chi connectivity index (χ0) is 20.6. The van der Waals surface area contributed by atoms with E-state index >= 15 is 0 Å². The number of nitrogens with zero attached hydrogens (tertiary/aromatic N) is 1. The van der Waals surface area contributed by atoms with Crippen LogP contribution in [-0.2, 0) is 6.42 Å². The summed E-state index contributed by atoms with van der Waals surface area (Å²) in [6, 6.07) is 18.3. The fourth-order valence-corrected chi connectivity index (χ4v) is 2.78. The number of hydrogen-bond acceptors (Lipinski definition) is 4. The monoisotopic (exact) mass is 389 g/mol. The van der Waals surface area contributed by atoms with Crippen molar-refractivity contribution in [2.24, 2.45) is 0 Å². The summed E-state index contributed by atoms with van der Waals surface area (Å²) in [7, 11) is 1.62. The fourth-order valence-electron chi connectivity index (χ4n) is 2.78. The number of pyridine rings is 1. The predicted octanol–water partition coefficient (Wildman–Crippen LogP) is 3.62. The molecule has 1 aromatic heterocycles. The molecule has 0 unspecified atom stereocenters. The molecule has 0 fully saturated rings. The molecule has 3 rings (SSSR count). The van der Waals surface area contributed by atoms with E-state index in [4.69, 9.17) is 4.74 Å². The highest BCUT2D eigenvalue weighted by molar-refractivity contribution is 6.04. The maximum atomic E-state index is 12.4. The predicted molar refractivity (Wildman–Crippen MR) is 112 cm³/mol. The molecule has 0 saturated heterocycles. The van der Waals surface area contributed by atoms with Gasteiger partial charge in [-0.3, -0.25) is 14.6 Å². The highest BCUT2D eigenvalue weighted by Gasteiger charge is 2.12. The van der Waals surface area contributed by atoms with Crippen molar-refractivity contribution in [1.29, 1.82) is 0 Å². The number of nitrogens with one attached hydrogen (secondary N) is 2. The van der Waals surface area contributed by atoms with Crippen LogP contribution >= 0.6 is 0 Å². The van der Waals surface area contributed by atoms with Gasteiger partial charge >= 0.3 is 0 Å². The summed E-state index contributed by atoms with van der Waals surface area (Å²) in [5.41, 5.74) is 3.42. The van der Waals surface area contributed by atoms with Gasteiger partial charge in [-0.2, -0.15) is 0 Å². The lowest BCUT2D eigenvalue weighted by atomic mass is 10.1. The minimum Gasteiger partial charge on any atom is -0.497 e. The third-order valence-electron chi connectivity index (χ3n) is 4.40. The number of aromatic nitrogens is 1. The molecule has 3 aromatic rings. The zero-order valence-corrected chi connectivity index (χ0v) is 16.4. The van der Waals surface area contributed by atoms with Crippen molar-refractivity contribution in [3.63, 3.8) is 0 Å². The molecule has 0 aliphatic carbocycles. The Labute approximate surface area is 169 Å². The Morgan fingerprint density at radius 3 is 2.55 bits per heavy atom. The molecule has 1 heterocycles. The van der Waals surface area contributed by atoms with Gasteiger partial charge in [0.15, 0.2) is 0 Å². The molecule has 0 aliphatic heterocycles. The van der Waals surface area contributed by atoms with E-state index < -0.39 is 0 Å². The third-order valence-corrected chi connectivity index (χ3v) is 4.40. The van der Waals surface area contributed by atoms with Gasteiger partial charge in [-0.1, -0.05) is 29.8 Å². The van der Waals surface area contributed by atoms with Crippen LogP contribution in [0.5, 0.6) is 5.75 Å². The fraction of sp³-hybridized carbons (Fsp3) is 0.174. The summed E-state index contributed by atoms with van der Waals surface area (Å²) in [6.45, 7) is 2.45. The van der Waals surface area contributed by atoms with Gasteiger partial charge in [0.05, 0.1) is 7.11 Å². The van der Waals surface area contributed by atoms with Gasteiger partial charge in [0.2, 0.25) is 0 Å². The van der Waals surface area contributed by atoms with Gasteiger partial charge in [0.1, 0.15) is 11.4 Å². The molecule has 0 spiro atoms. The molecule has 2 aromatic carbocycles. The minimum atomic E-state index is -0.361. The first-order valence-corrected chi connectivity index (χ1v) is 9.30. The van der Waals surface area contributed by atoms with Crippen molar-refractivity contribution < 1.29 is 14.3 Å². The van der Waals surface area contributed by atoms with Gasteiger partial charge in [0.25, 0.3) is 11.8 Å². The lowest BCUT2D eigenvalue weighted by Crippen LogP contribution is -2.26. The number of hydrogen-bond donors (Lipinski definition) is 2. The summed E-state index contributed by atoms with van der Waals surface area (Å²) in [5, 5.41) is 5.65. The molecule has 0 atom stereocenters. The Hall–Kier alpha value is -3.67. The summed E-state index contributed by atoms with van der Waals surface area (Å²) in [5.74, 6) is 0.173. The van der Waals surface area contributed by atoms with Crippen LogP contribution in [0.2, 0.25) is 0 Å². The van der Waals surface area contributed by atoms with Crippen LogP contribution in [0.15, 0.2) is 66.9 Å². The maximum Gasteiger partial charge on any atom is 0.274 e. The van der Waals surface area contributed by atoms with E-state index in [-0.39, 0.29) is 17.5 Å². The normalized spacial score (nSPS) is 10.3. The number of ether oxygens (including phenoxy) is 1. The zero-order valence-electron chi connectivity index (χ0n) is 16.4. The Kier molecular flexibility index (Phi) is 6.58. The first-order chi connectivity index (χ1) is 14.0. The molecular weight excluding hydrogens is 366 g/mol. The van der Waals surface area contributed by atoms with E-state index in [1.165, 1.54) is 12.3 Å². The van der Waals surface area contributed by atoms with Gasteiger partial charge < -0.3 is 15.4 Å². The number of benzene rings is 2. The number of carbonyl (C=O) groups is 2. The second-order valence-corrected chi connectivity index (χ2v) is 6.61. The molecular formula is C23H23N3O3.